The first-order valence-electron chi connectivity index (χ1n) is 4.86. The lowest BCUT2D eigenvalue weighted by molar-refractivity contribution is 0.577. The van der Waals surface area contributed by atoms with Crippen molar-refractivity contribution >= 4 is 17.6 Å². The number of nitrogen functional groups attached to an aromatic ring is 1. The Hall–Kier alpha value is -2.02. The predicted octanol–water partition coefficient (Wildman–Crippen LogP) is 2.19. The van der Waals surface area contributed by atoms with Crippen molar-refractivity contribution < 1.29 is 8.78 Å². The lowest BCUT2D eigenvalue weighted by atomic mass is 10.3. The molecule has 7 heteroatoms. The molecule has 0 unspecified atom stereocenters. The third kappa shape index (κ3) is 2.80. The minimum atomic E-state index is -0.557. The molecule has 1 aromatic heterocycles. The van der Waals surface area contributed by atoms with Gasteiger partial charge in [0.2, 0.25) is 0 Å². The third-order valence-electron chi connectivity index (χ3n) is 2.00. The van der Waals surface area contributed by atoms with Crippen molar-refractivity contribution in [3.8, 4) is 0 Å². The molecule has 92 valence electrons. The van der Waals surface area contributed by atoms with Gasteiger partial charge in [0, 0.05) is 6.20 Å². The Labute approximate surface area is 106 Å². The summed E-state index contributed by atoms with van der Waals surface area (Å²) in [5.74, 6) is -1.31. The van der Waals surface area contributed by atoms with Crippen LogP contribution in [0.1, 0.15) is 5.69 Å². The molecule has 0 aliphatic carbocycles. The van der Waals surface area contributed by atoms with E-state index in [0.717, 1.165) is 30.0 Å². The molecule has 0 saturated carbocycles. The molecule has 3 N–H and O–H groups in total. The lowest BCUT2D eigenvalue weighted by Crippen LogP contribution is -2.13. The minimum Gasteiger partial charge on any atom is -0.382 e. The zero-order valence-electron chi connectivity index (χ0n) is 9.02. The van der Waals surface area contributed by atoms with E-state index in [1.807, 2.05) is 0 Å². The molecule has 4 nitrogen and oxygen atoms in total. The molecule has 0 aliphatic rings. The fourth-order valence-corrected chi connectivity index (χ4v) is 1.99. The quantitative estimate of drug-likeness (QED) is 0.507. The number of aromatic nitrogens is 2. The summed E-state index contributed by atoms with van der Waals surface area (Å²) in [5.41, 5.74) is 5.52. The number of halogens is 2. The number of amidine groups is 1. The van der Waals surface area contributed by atoms with Gasteiger partial charge in [-0.05, 0) is 36.0 Å². The van der Waals surface area contributed by atoms with Crippen molar-refractivity contribution in [2.24, 2.45) is 5.73 Å². The van der Waals surface area contributed by atoms with Gasteiger partial charge in [0.15, 0.2) is 5.16 Å². The predicted molar refractivity (Wildman–Crippen MR) is 63.5 cm³/mol. The van der Waals surface area contributed by atoms with Crippen LogP contribution in [0.5, 0.6) is 0 Å². The summed E-state index contributed by atoms with van der Waals surface area (Å²) in [6, 6.07) is 4.59. The summed E-state index contributed by atoms with van der Waals surface area (Å²) in [5, 5.41) is 7.43. The van der Waals surface area contributed by atoms with Gasteiger partial charge in [-0.25, -0.2) is 18.7 Å². The lowest BCUT2D eigenvalue weighted by Gasteiger charge is -2.03. The van der Waals surface area contributed by atoms with Crippen LogP contribution in [-0.4, -0.2) is 15.8 Å². The van der Waals surface area contributed by atoms with Crippen LogP contribution in [-0.2, 0) is 0 Å². The minimum absolute atomic E-state index is 0.0794. The molecule has 0 spiro atoms. The summed E-state index contributed by atoms with van der Waals surface area (Å²) in [6.07, 6.45) is 1.41. The maximum atomic E-state index is 13.4. The Kier molecular flexibility index (Phi) is 3.52. The first kappa shape index (κ1) is 12.4. The second-order valence-corrected chi connectivity index (χ2v) is 4.32. The van der Waals surface area contributed by atoms with Gasteiger partial charge in [0.05, 0.1) is 4.90 Å². The van der Waals surface area contributed by atoms with Crippen LogP contribution in [0.2, 0.25) is 0 Å². The van der Waals surface area contributed by atoms with Gasteiger partial charge in [-0.2, -0.15) is 0 Å². The summed E-state index contributed by atoms with van der Waals surface area (Å²) < 4.78 is 26.4. The van der Waals surface area contributed by atoms with Crippen LogP contribution in [0.4, 0.5) is 8.78 Å². The number of nitrogens with zero attached hydrogens (tertiary/aromatic N) is 2. The first-order valence-corrected chi connectivity index (χ1v) is 5.68. The van der Waals surface area contributed by atoms with Crippen LogP contribution in [0, 0.1) is 17.0 Å². The molecular formula is C11H8F2N4S. The molecule has 0 amide bonds. The number of rotatable bonds is 3. The van der Waals surface area contributed by atoms with E-state index in [1.165, 1.54) is 12.3 Å². The van der Waals surface area contributed by atoms with Crippen LogP contribution in [0.3, 0.4) is 0 Å². The van der Waals surface area contributed by atoms with Crippen molar-refractivity contribution in [2.45, 2.75) is 10.1 Å². The molecule has 1 aromatic carbocycles. The van der Waals surface area contributed by atoms with Crippen LogP contribution in [0.25, 0.3) is 0 Å². The number of benzene rings is 1. The van der Waals surface area contributed by atoms with Crippen molar-refractivity contribution in [3.63, 3.8) is 0 Å². The normalized spacial score (nSPS) is 10.3. The van der Waals surface area contributed by atoms with Gasteiger partial charge in [-0.1, -0.05) is 0 Å². The van der Waals surface area contributed by atoms with Crippen LogP contribution >= 0.6 is 11.8 Å². The zero-order chi connectivity index (χ0) is 13.1. The van der Waals surface area contributed by atoms with Gasteiger partial charge in [-0.3, -0.25) is 5.41 Å². The molecule has 1 heterocycles. The standard InChI is InChI=1S/C11H8F2N4S/c12-6-1-2-7(13)9(5-6)18-11-16-4-3-8(17-11)10(14)15/h1-5H,(H3,14,15). The van der Waals surface area contributed by atoms with E-state index in [2.05, 4.69) is 9.97 Å². The average Bonchev–Trinajstić information content (AvgIpc) is 2.34. The Morgan fingerprint density at radius 2 is 2.06 bits per heavy atom. The van der Waals surface area contributed by atoms with Crippen molar-refractivity contribution in [1.82, 2.24) is 9.97 Å². The zero-order valence-corrected chi connectivity index (χ0v) is 9.84. The maximum Gasteiger partial charge on any atom is 0.193 e. The van der Waals surface area contributed by atoms with Gasteiger partial charge in [-0.15, -0.1) is 0 Å². The van der Waals surface area contributed by atoms with Crippen LogP contribution in [0.15, 0.2) is 40.5 Å². The molecule has 2 aromatic rings. The smallest absolute Gasteiger partial charge is 0.193 e. The number of nitrogens with one attached hydrogen (secondary N) is 1. The fraction of sp³-hybridized carbons (Fsp3) is 0. The molecule has 0 saturated heterocycles. The molecule has 0 bridgehead atoms. The number of hydrogen-bond acceptors (Lipinski definition) is 4. The highest BCUT2D eigenvalue weighted by Crippen LogP contribution is 2.27. The second-order valence-electron chi connectivity index (χ2n) is 3.31. The number of nitrogens with two attached hydrogens (primary N) is 1. The van der Waals surface area contributed by atoms with Gasteiger partial charge in [0.25, 0.3) is 0 Å². The highest BCUT2D eigenvalue weighted by atomic mass is 32.2. The van der Waals surface area contributed by atoms with Gasteiger partial charge >= 0.3 is 0 Å². The average molecular weight is 266 g/mol. The Morgan fingerprint density at radius 1 is 1.28 bits per heavy atom. The Bertz CT molecular complexity index is 603. The highest BCUT2D eigenvalue weighted by Gasteiger charge is 2.09. The highest BCUT2D eigenvalue weighted by molar-refractivity contribution is 7.99. The molecule has 0 atom stereocenters. The van der Waals surface area contributed by atoms with Crippen molar-refractivity contribution in [2.75, 3.05) is 0 Å². The molecule has 2 rings (SSSR count). The first-order chi connectivity index (χ1) is 8.56. The third-order valence-corrected chi connectivity index (χ3v) is 2.92. The SMILES string of the molecule is N=C(N)c1ccnc(Sc2cc(F)ccc2F)n1. The van der Waals surface area contributed by atoms with Crippen LogP contribution < -0.4 is 5.73 Å². The fourth-order valence-electron chi connectivity index (χ4n) is 1.19. The summed E-state index contributed by atoms with van der Waals surface area (Å²) in [7, 11) is 0. The Balaban J connectivity index is 2.31. The maximum absolute atomic E-state index is 13.4. The number of hydrogen-bond donors (Lipinski definition) is 2. The van der Waals surface area contributed by atoms with Crippen molar-refractivity contribution in [1.29, 1.82) is 5.41 Å². The van der Waals surface area contributed by atoms with E-state index in [9.17, 15) is 8.78 Å². The van der Waals surface area contributed by atoms with E-state index in [1.54, 1.807) is 0 Å². The van der Waals surface area contributed by atoms with E-state index in [4.69, 9.17) is 11.1 Å². The van der Waals surface area contributed by atoms with Gasteiger partial charge < -0.3 is 5.73 Å². The molecule has 0 aliphatic heterocycles. The summed E-state index contributed by atoms with van der Waals surface area (Å²) >= 11 is 0.871. The molecule has 0 fully saturated rings. The van der Waals surface area contributed by atoms with E-state index in [-0.39, 0.29) is 21.6 Å². The topological polar surface area (TPSA) is 75.7 Å². The van der Waals surface area contributed by atoms with E-state index < -0.39 is 11.6 Å². The Morgan fingerprint density at radius 3 is 2.78 bits per heavy atom. The largest absolute Gasteiger partial charge is 0.382 e. The summed E-state index contributed by atoms with van der Waals surface area (Å²) in [6.45, 7) is 0. The van der Waals surface area contributed by atoms with Crippen molar-refractivity contribution in [3.05, 3.63) is 47.8 Å². The van der Waals surface area contributed by atoms with E-state index in [0.29, 0.717) is 0 Å². The van der Waals surface area contributed by atoms with Gasteiger partial charge in [0.1, 0.15) is 23.2 Å². The molecule has 18 heavy (non-hydrogen) atoms. The monoisotopic (exact) mass is 266 g/mol. The second kappa shape index (κ2) is 5.09. The van der Waals surface area contributed by atoms with E-state index >= 15 is 0 Å². The molecular weight excluding hydrogens is 258 g/mol. The summed E-state index contributed by atoms with van der Waals surface area (Å²) in [4.78, 5) is 7.93. The molecule has 0 radical (unpaired) electrons.